The van der Waals surface area contributed by atoms with Gasteiger partial charge in [0.15, 0.2) is 11.5 Å². The molecule has 2 aromatic rings. The molecule has 0 saturated heterocycles. The van der Waals surface area contributed by atoms with E-state index in [4.69, 9.17) is 9.47 Å². The Morgan fingerprint density at radius 2 is 1.42 bits per heavy atom. The third-order valence-electron chi connectivity index (χ3n) is 2.99. The maximum Gasteiger partial charge on any atom is 0.451 e. The molecule has 1 aromatic heterocycles. The smallest absolute Gasteiger partial charge is 0.451 e. The Bertz CT molecular complexity index is 743. The van der Waals surface area contributed by atoms with E-state index in [0.717, 1.165) is 0 Å². The van der Waals surface area contributed by atoms with Crippen molar-refractivity contribution in [3.05, 3.63) is 41.2 Å². The molecule has 0 unspecified atom stereocenters. The first-order valence-electron chi connectivity index (χ1n) is 6.41. The van der Waals surface area contributed by atoms with Crippen LogP contribution in [0.1, 0.15) is 23.0 Å². The lowest BCUT2D eigenvalue weighted by molar-refractivity contribution is -0.155. The summed E-state index contributed by atoms with van der Waals surface area (Å²) < 4.78 is 86.4. The summed E-state index contributed by atoms with van der Waals surface area (Å²) in [7, 11) is 0. The fourth-order valence-electron chi connectivity index (χ4n) is 1.99. The minimum atomic E-state index is -5.12. The standard InChI is InChI=1S/C13H7F6N3O2/c14-12(15,16)10-20-9(21-11(22-10)13(17,18)19)4-6-1-2-7-8(3-6)24-5-23-7/h1-3H,4-5H2. The second kappa shape index (κ2) is 5.49. The maximum atomic E-state index is 12.7. The zero-order valence-electron chi connectivity index (χ0n) is 11.6. The van der Waals surface area contributed by atoms with Crippen LogP contribution in [0.15, 0.2) is 18.2 Å². The molecular formula is C13H7F6N3O2. The molecule has 11 heteroatoms. The molecule has 0 N–H and O–H groups in total. The SMILES string of the molecule is FC(F)(F)c1nc(Cc2ccc3c(c2)OCO3)nc(C(F)(F)F)n1. The summed E-state index contributed by atoms with van der Waals surface area (Å²) in [5.74, 6) is -3.65. The highest BCUT2D eigenvalue weighted by Crippen LogP contribution is 2.34. The van der Waals surface area contributed by atoms with Crippen LogP contribution in [-0.4, -0.2) is 21.7 Å². The van der Waals surface area contributed by atoms with Gasteiger partial charge in [-0.3, -0.25) is 0 Å². The lowest BCUT2D eigenvalue weighted by Crippen LogP contribution is -2.21. The first-order chi connectivity index (χ1) is 11.1. The molecule has 0 atom stereocenters. The van der Waals surface area contributed by atoms with Crippen LogP contribution in [-0.2, 0) is 18.8 Å². The van der Waals surface area contributed by atoms with Gasteiger partial charge in [0.05, 0.1) is 0 Å². The van der Waals surface area contributed by atoms with Crippen molar-refractivity contribution < 1.29 is 35.8 Å². The van der Waals surface area contributed by atoms with Crippen LogP contribution < -0.4 is 9.47 Å². The van der Waals surface area contributed by atoms with Gasteiger partial charge < -0.3 is 9.47 Å². The Labute approximate surface area is 130 Å². The number of rotatable bonds is 2. The highest BCUT2D eigenvalue weighted by molar-refractivity contribution is 5.45. The Kier molecular flexibility index (Phi) is 3.73. The van der Waals surface area contributed by atoms with Crippen molar-refractivity contribution in [3.63, 3.8) is 0 Å². The van der Waals surface area contributed by atoms with E-state index >= 15 is 0 Å². The number of nitrogens with zero attached hydrogens (tertiary/aromatic N) is 3. The van der Waals surface area contributed by atoms with Gasteiger partial charge in [-0.15, -0.1) is 0 Å². The van der Waals surface area contributed by atoms with Crippen LogP contribution >= 0.6 is 0 Å². The number of alkyl halides is 6. The molecule has 5 nitrogen and oxygen atoms in total. The summed E-state index contributed by atoms with van der Waals surface area (Å²) in [4.78, 5) is 8.63. The minimum Gasteiger partial charge on any atom is -0.454 e. The summed E-state index contributed by atoms with van der Waals surface area (Å²) >= 11 is 0. The monoisotopic (exact) mass is 351 g/mol. The summed E-state index contributed by atoms with van der Waals surface area (Å²) in [6, 6.07) is 4.40. The van der Waals surface area contributed by atoms with E-state index in [2.05, 4.69) is 15.0 Å². The molecule has 0 bridgehead atoms. The van der Waals surface area contributed by atoms with Crippen LogP contribution in [0.3, 0.4) is 0 Å². The normalized spacial score (nSPS) is 14.1. The highest BCUT2D eigenvalue weighted by Gasteiger charge is 2.41. The van der Waals surface area contributed by atoms with Gasteiger partial charge in [-0.05, 0) is 17.7 Å². The fraction of sp³-hybridized carbons (Fsp3) is 0.308. The molecule has 1 aliphatic rings. The zero-order valence-corrected chi connectivity index (χ0v) is 11.6. The Morgan fingerprint density at radius 1 is 0.833 bits per heavy atom. The lowest BCUT2D eigenvalue weighted by Gasteiger charge is -2.11. The lowest BCUT2D eigenvalue weighted by atomic mass is 10.1. The van der Waals surface area contributed by atoms with Crippen LogP contribution in [0.4, 0.5) is 26.3 Å². The number of ether oxygens (including phenoxy) is 2. The van der Waals surface area contributed by atoms with Crippen molar-refractivity contribution in [3.8, 4) is 11.5 Å². The molecule has 128 valence electrons. The highest BCUT2D eigenvalue weighted by atomic mass is 19.4. The molecule has 2 heterocycles. The molecule has 0 saturated carbocycles. The van der Waals surface area contributed by atoms with E-state index in [1.807, 2.05) is 0 Å². The molecule has 1 aliphatic heterocycles. The van der Waals surface area contributed by atoms with Gasteiger partial charge >= 0.3 is 12.4 Å². The van der Waals surface area contributed by atoms with Crippen molar-refractivity contribution >= 4 is 0 Å². The number of halogens is 6. The number of hydrogen-bond donors (Lipinski definition) is 0. The van der Waals surface area contributed by atoms with Gasteiger partial charge in [0.2, 0.25) is 18.4 Å². The first-order valence-corrected chi connectivity index (χ1v) is 6.41. The molecule has 24 heavy (non-hydrogen) atoms. The quantitative estimate of drug-likeness (QED) is 0.778. The summed E-state index contributed by atoms with van der Waals surface area (Å²) in [6.07, 6.45) is -10.6. The zero-order chi connectivity index (χ0) is 17.5. The second-order valence-corrected chi connectivity index (χ2v) is 4.76. The molecule has 3 rings (SSSR count). The van der Waals surface area contributed by atoms with E-state index < -0.39 is 29.8 Å². The molecule has 1 aromatic carbocycles. The Balaban J connectivity index is 1.97. The largest absolute Gasteiger partial charge is 0.454 e. The van der Waals surface area contributed by atoms with E-state index in [1.54, 1.807) is 0 Å². The van der Waals surface area contributed by atoms with Crippen molar-refractivity contribution in [2.75, 3.05) is 6.79 Å². The predicted molar refractivity (Wildman–Crippen MR) is 65.2 cm³/mol. The van der Waals surface area contributed by atoms with Gasteiger partial charge in [0, 0.05) is 6.42 Å². The summed E-state index contributed by atoms with van der Waals surface area (Å²) in [5, 5.41) is 0. The van der Waals surface area contributed by atoms with Gasteiger partial charge in [-0.1, -0.05) is 6.07 Å². The van der Waals surface area contributed by atoms with E-state index in [-0.39, 0.29) is 13.2 Å². The van der Waals surface area contributed by atoms with Crippen molar-refractivity contribution in [1.29, 1.82) is 0 Å². The third kappa shape index (κ3) is 3.34. The van der Waals surface area contributed by atoms with E-state index in [0.29, 0.717) is 17.1 Å². The molecule has 0 radical (unpaired) electrons. The van der Waals surface area contributed by atoms with Gasteiger partial charge in [-0.25, -0.2) is 15.0 Å². The second-order valence-electron chi connectivity index (χ2n) is 4.76. The minimum absolute atomic E-state index is 0.0129. The average Bonchev–Trinajstić information content (AvgIpc) is 2.92. The molecular weight excluding hydrogens is 344 g/mol. The van der Waals surface area contributed by atoms with Gasteiger partial charge in [-0.2, -0.15) is 26.3 Å². The van der Waals surface area contributed by atoms with Crippen LogP contribution in [0.25, 0.3) is 0 Å². The van der Waals surface area contributed by atoms with Crippen LogP contribution in [0.5, 0.6) is 11.5 Å². The maximum absolute atomic E-state index is 12.7. The number of benzene rings is 1. The first kappa shape index (κ1) is 16.3. The fourth-order valence-corrected chi connectivity index (χ4v) is 1.99. The molecule has 0 amide bonds. The molecule has 0 fully saturated rings. The Morgan fingerprint density at radius 3 is 2.00 bits per heavy atom. The number of hydrogen-bond acceptors (Lipinski definition) is 5. The number of fused-ring (bicyclic) bond motifs is 1. The molecule has 0 spiro atoms. The van der Waals surface area contributed by atoms with Crippen molar-refractivity contribution in [2.24, 2.45) is 0 Å². The van der Waals surface area contributed by atoms with E-state index in [1.165, 1.54) is 18.2 Å². The topological polar surface area (TPSA) is 57.1 Å². The summed E-state index contributed by atoms with van der Waals surface area (Å²) in [6.45, 7) is -0.0129. The average molecular weight is 351 g/mol. The van der Waals surface area contributed by atoms with Gasteiger partial charge in [0.1, 0.15) is 5.82 Å². The Hall–Kier alpha value is -2.59. The van der Waals surface area contributed by atoms with E-state index in [9.17, 15) is 26.3 Å². The van der Waals surface area contributed by atoms with Crippen molar-refractivity contribution in [1.82, 2.24) is 15.0 Å². The summed E-state index contributed by atoms with van der Waals surface area (Å²) in [5.41, 5.74) is 0.367. The third-order valence-corrected chi connectivity index (χ3v) is 2.99. The van der Waals surface area contributed by atoms with Crippen LogP contribution in [0.2, 0.25) is 0 Å². The van der Waals surface area contributed by atoms with Gasteiger partial charge in [0.25, 0.3) is 0 Å². The predicted octanol–water partition coefficient (Wildman–Crippen LogP) is 3.23. The number of aromatic nitrogens is 3. The van der Waals surface area contributed by atoms with Crippen LogP contribution in [0, 0.1) is 0 Å². The molecule has 0 aliphatic carbocycles. The van der Waals surface area contributed by atoms with Crippen molar-refractivity contribution in [2.45, 2.75) is 18.8 Å².